The molecule has 0 N–H and O–H groups in total. The predicted octanol–water partition coefficient (Wildman–Crippen LogP) is 2.65. The second-order valence-corrected chi connectivity index (χ2v) is 7.93. The SMILES string of the molecule is CCC[n+]1oc(C)cc1C.O=S(=O)([N-]S(=O)(=O)C(F)(F)F)C(F)(F)F. The molecule has 0 atom stereocenters. The third-order valence-corrected chi connectivity index (χ3v) is 5.01. The molecule has 0 aliphatic rings. The summed E-state index contributed by atoms with van der Waals surface area (Å²) in [4.78, 5) is 0. The standard InChI is InChI=1S/C8H14NO.C2F6NO4S2/c1-4-5-9-7(2)6-8(3)10-9;3-1(4,5)14(10,11)9-15(12,13)2(6,7)8/h6H,4-5H2,1-3H3;/q+1;-1. The number of alkyl halides is 6. The van der Waals surface area contributed by atoms with Crippen LogP contribution in [0.1, 0.15) is 24.8 Å². The van der Waals surface area contributed by atoms with Gasteiger partial charge in [0.2, 0.25) is 5.69 Å². The summed E-state index contributed by atoms with van der Waals surface area (Å²) in [5, 5.41) is 0. The molecule has 1 aromatic heterocycles. The molecule has 0 unspecified atom stereocenters. The van der Waals surface area contributed by atoms with Gasteiger partial charge in [-0.05, 0) is 4.74 Å². The van der Waals surface area contributed by atoms with Crippen molar-refractivity contribution in [3.8, 4) is 0 Å². The average molecular weight is 420 g/mol. The third kappa shape index (κ3) is 6.81. The first kappa shape index (κ1) is 23.6. The van der Waals surface area contributed by atoms with Crippen LogP contribution in [0, 0.1) is 13.8 Å². The van der Waals surface area contributed by atoms with E-state index in [0.717, 1.165) is 22.9 Å². The molecule has 1 rings (SSSR count). The van der Waals surface area contributed by atoms with E-state index in [-0.39, 0.29) is 0 Å². The molecule has 0 saturated carbocycles. The fourth-order valence-corrected chi connectivity index (χ4v) is 2.99. The Morgan fingerprint density at radius 1 is 1.00 bits per heavy atom. The Hall–Kier alpha value is -1.35. The van der Waals surface area contributed by atoms with Crippen LogP contribution in [0.5, 0.6) is 0 Å². The number of nitrogens with zero attached hydrogens (tertiary/aromatic N) is 2. The van der Waals surface area contributed by atoms with Gasteiger partial charge < -0.3 is 4.13 Å². The molecule has 0 amide bonds. The second kappa shape index (κ2) is 7.90. The maximum Gasteiger partial charge on any atom is 0.480 e. The predicted molar refractivity (Wildman–Crippen MR) is 72.0 cm³/mol. The molecule has 1 aromatic rings. The van der Waals surface area contributed by atoms with Gasteiger partial charge in [-0.2, -0.15) is 26.3 Å². The Balaban J connectivity index is 0.000000496. The second-order valence-electron chi connectivity index (χ2n) is 4.51. The van der Waals surface area contributed by atoms with Gasteiger partial charge in [0, 0.05) is 20.3 Å². The van der Waals surface area contributed by atoms with Crippen LogP contribution < -0.4 is 4.74 Å². The van der Waals surface area contributed by atoms with E-state index in [4.69, 9.17) is 4.52 Å². The number of hydrogen-bond donors (Lipinski definition) is 0. The van der Waals surface area contributed by atoms with Crippen LogP contribution in [0.3, 0.4) is 0 Å². The maximum atomic E-state index is 11.4. The zero-order valence-corrected chi connectivity index (χ0v) is 14.6. The first-order valence-corrected chi connectivity index (χ1v) is 9.17. The van der Waals surface area contributed by atoms with Crippen LogP contribution >= 0.6 is 0 Å². The van der Waals surface area contributed by atoms with E-state index < -0.39 is 31.1 Å². The van der Waals surface area contributed by atoms with Crippen molar-refractivity contribution in [3.05, 3.63) is 21.6 Å². The van der Waals surface area contributed by atoms with Crippen molar-refractivity contribution in [1.82, 2.24) is 0 Å². The van der Waals surface area contributed by atoms with Crippen molar-refractivity contribution in [1.29, 1.82) is 0 Å². The number of aryl methyl sites for hydroxylation is 3. The highest BCUT2D eigenvalue weighted by Crippen LogP contribution is 2.36. The summed E-state index contributed by atoms with van der Waals surface area (Å²) in [5.41, 5.74) is -11.2. The summed E-state index contributed by atoms with van der Waals surface area (Å²) in [7, 11) is -13.4. The zero-order chi connectivity index (χ0) is 20.3. The van der Waals surface area contributed by atoms with Crippen molar-refractivity contribution < 1.29 is 52.4 Å². The van der Waals surface area contributed by atoms with Crippen LogP contribution in [0.25, 0.3) is 4.13 Å². The normalized spacial score (nSPS) is 13.3. The van der Waals surface area contributed by atoms with Crippen LogP contribution in [-0.2, 0) is 26.6 Å². The number of halogens is 6. The van der Waals surface area contributed by atoms with Gasteiger partial charge in [-0.1, -0.05) is 6.92 Å². The van der Waals surface area contributed by atoms with Gasteiger partial charge in [0.05, 0.1) is 6.07 Å². The summed E-state index contributed by atoms with van der Waals surface area (Å²) < 4.78 is 116. The molecular weight excluding hydrogens is 406 g/mol. The molecule has 7 nitrogen and oxygen atoms in total. The Bertz CT molecular complexity index is 738. The summed E-state index contributed by atoms with van der Waals surface area (Å²) in [5.74, 6) is 0.992. The molecule has 15 heteroatoms. The molecule has 0 aliphatic carbocycles. The minimum absolute atomic E-state index is 0.778. The minimum Gasteiger partial charge on any atom is -0.421 e. The molecule has 0 bridgehead atoms. The number of sulfonamides is 2. The minimum atomic E-state index is -6.72. The first-order chi connectivity index (χ1) is 10.9. The highest BCUT2D eigenvalue weighted by atomic mass is 32.3. The van der Waals surface area contributed by atoms with Crippen LogP contribution in [0.15, 0.2) is 10.6 Å². The average Bonchev–Trinajstić information content (AvgIpc) is 2.65. The van der Waals surface area contributed by atoms with Crippen LogP contribution in [-0.4, -0.2) is 27.9 Å². The van der Waals surface area contributed by atoms with Crippen molar-refractivity contribution in [2.75, 3.05) is 0 Å². The molecule has 0 spiro atoms. The summed E-state index contributed by atoms with van der Waals surface area (Å²) >= 11 is 0. The Kier molecular flexibility index (Phi) is 7.48. The smallest absolute Gasteiger partial charge is 0.421 e. The van der Waals surface area contributed by atoms with E-state index in [0.29, 0.717) is 0 Å². The highest BCUT2D eigenvalue weighted by Gasteiger charge is 2.46. The third-order valence-electron chi connectivity index (χ3n) is 2.27. The maximum absolute atomic E-state index is 11.4. The van der Waals surface area contributed by atoms with E-state index in [1.807, 2.05) is 11.7 Å². The van der Waals surface area contributed by atoms with Gasteiger partial charge in [-0.15, -0.1) is 0 Å². The van der Waals surface area contributed by atoms with E-state index in [9.17, 15) is 43.2 Å². The van der Waals surface area contributed by atoms with Crippen molar-refractivity contribution in [2.45, 2.75) is 44.8 Å². The summed E-state index contributed by atoms with van der Waals surface area (Å²) in [6.45, 7) is 7.16. The van der Waals surface area contributed by atoms with Crippen LogP contribution in [0.2, 0.25) is 0 Å². The molecule has 25 heavy (non-hydrogen) atoms. The van der Waals surface area contributed by atoms with E-state index in [2.05, 4.69) is 19.9 Å². The lowest BCUT2D eigenvalue weighted by atomic mass is 10.4. The summed E-state index contributed by atoms with van der Waals surface area (Å²) in [6, 6.07) is 2.05. The number of hydrogen-bond acceptors (Lipinski definition) is 5. The Morgan fingerprint density at radius 2 is 1.40 bits per heavy atom. The summed E-state index contributed by atoms with van der Waals surface area (Å²) in [6.07, 6.45) is 1.12. The molecule has 1 heterocycles. The van der Waals surface area contributed by atoms with Gasteiger partial charge in [0.1, 0.15) is 0 Å². The lowest BCUT2D eigenvalue weighted by Gasteiger charge is -2.22. The largest absolute Gasteiger partial charge is 0.480 e. The lowest BCUT2D eigenvalue weighted by molar-refractivity contribution is -0.868. The van der Waals surface area contributed by atoms with Gasteiger partial charge >= 0.3 is 11.0 Å². The van der Waals surface area contributed by atoms with Crippen molar-refractivity contribution in [3.63, 3.8) is 0 Å². The van der Waals surface area contributed by atoms with Gasteiger partial charge in [-0.3, -0.25) is 0 Å². The van der Waals surface area contributed by atoms with Crippen LogP contribution in [0.4, 0.5) is 26.3 Å². The molecule has 0 aliphatic heterocycles. The van der Waals surface area contributed by atoms with E-state index in [1.54, 1.807) is 0 Å². The van der Waals surface area contributed by atoms with Crippen molar-refractivity contribution in [2.24, 2.45) is 0 Å². The first-order valence-electron chi connectivity index (χ1n) is 6.28. The molecule has 0 aromatic carbocycles. The molecular formula is C10H14F6N2O5S2. The number of rotatable bonds is 4. The monoisotopic (exact) mass is 420 g/mol. The van der Waals surface area contributed by atoms with Crippen molar-refractivity contribution >= 4 is 20.0 Å². The Morgan fingerprint density at radius 3 is 1.64 bits per heavy atom. The molecule has 148 valence electrons. The zero-order valence-electron chi connectivity index (χ0n) is 13.0. The van der Waals surface area contributed by atoms with Gasteiger partial charge in [-0.25, -0.2) is 21.4 Å². The highest BCUT2D eigenvalue weighted by molar-refractivity contribution is 8.13. The molecule has 0 radical (unpaired) electrons. The van der Waals surface area contributed by atoms with Gasteiger partial charge in [0.15, 0.2) is 32.4 Å². The topological polar surface area (TPSA) is 99.4 Å². The number of aromatic nitrogens is 1. The molecule has 0 saturated heterocycles. The molecule has 0 fully saturated rings. The quantitative estimate of drug-likeness (QED) is 0.551. The Labute approximate surface area is 139 Å². The fourth-order valence-electron chi connectivity index (χ4n) is 1.28. The fraction of sp³-hybridized carbons (Fsp3) is 0.700. The van der Waals surface area contributed by atoms with E-state index >= 15 is 0 Å². The van der Waals surface area contributed by atoms with E-state index in [1.165, 1.54) is 5.69 Å². The van der Waals surface area contributed by atoms with Gasteiger partial charge in [0.25, 0.3) is 0 Å². The lowest BCUT2D eigenvalue weighted by Crippen LogP contribution is -2.33.